The van der Waals surface area contributed by atoms with Gasteiger partial charge in [0, 0.05) is 28.0 Å². The van der Waals surface area contributed by atoms with Crippen molar-refractivity contribution in [3.05, 3.63) is 83.0 Å². The van der Waals surface area contributed by atoms with Crippen LogP contribution < -0.4 is 5.84 Å². The van der Waals surface area contributed by atoms with Crippen LogP contribution in [0.25, 0.3) is 0 Å². The molecule has 1 aliphatic heterocycles. The molecule has 1 saturated heterocycles. The maximum Gasteiger partial charge on any atom is 0.338 e. The number of hydrogen-bond acceptors (Lipinski definition) is 5. The summed E-state index contributed by atoms with van der Waals surface area (Å²) < 4.78 is 7.03. The van der Waals surface area contributed by atoms with E-state index >= 15 is 0 Å². The molecule has 4 rings (SSSR count). The Morgan fingerprint density at radius 3 is 2.55 bits per heavy atom. The molecule has 0 spiro atoms. The molecule has 0 aliphatic carbocycles. The summed E-state index contributed by atoms with van der Waals surface area (Å²) in [5.41, 5.74) is 2.60. The van der Waals surface area contributed by atoms with Gasteiger partial charge in [-0.2, -0.15) is 11.8 Å². The zero-order valence-corrected chi connectivity index (χ0v) is 18.6. The van der Waals surface area contributed by atoms with E-state index in [1.807, 2.05) is 78.8 Å². The molecule has 160 valence electrons. The Kier molecular flexibility index (Phi) is 6.13. The molecule has 3 aromatic rings. The molecular weight excluding hydrogens is 408 g/mol. The van der Waals surface area contributed by atoms with E-state index in [4.69, 9.17) is 10.4 Å². The predicted molar refractivity (Wildman–Crippen MR) is 124 cm³/mol. The Labute approximate surface area is 186 Å². The molecule has 1 aromatic heterocycles. The summed E-state index contributed by atoms with van der Waals surface area (Å²) in [6.45, 7) is 6.06. The lowest BCUT2D eigenvalue weighted by Gasteiger charge is -2.22. The zero-order valence-electron chi connectivity index (χ0n) is 17.8. The maximum absolute atomic E-state index is 12.9. The number of carbonyl (C=O) groups is 1. The van der Waals surface area contributed by atoms with E-state index < -0.39 is 5.41 Å². The third-order valence-electron chi connectivity index (χ3n) is 5.61. The first-order valence-electron chi connectivity index (χ1n) is 10.3. The number of hydrogen-bond donors (Lipinski definition) is 1. The molecular formula is C24H27N4O2S+. The summed E-state index contributed by atoms with van der Waals surface area (Å²) in [7, 11) is 0. The number of hydrazine groups is 1. The van der Waals surface area contributed by atoms with Crippen LogP contribution in [0.15, 0.2) is 65.2 Å². The molecule has 2 N–H and O–H groups in total. The monoisotopic (exact) mass is 435 g/mol. The zero-order chi connectivity index (χ0) is 21.8. The lowest BCUT2D eigenvalue weighted by Crippen LogP contribution is -2.35. The van der Waals surface area contributed by atoms with Crippen molar-refractivity contribution >= 4 is 29.8 Å². The second-order valence-corrected chi connectivity index (χ2v) is 9.35. The van der Waals surface area contributed by atoms with Crippen LogP contribution in [-0.2, 0) is 5.41 Å². The fourth-order valence-corrected chi connectivity index (χ4v) is 4.49. The predicted octanol–water partition coefficient (Wildman–Crippen LogP) is 3.83. The standard InChI is InChI=1S/C24H27N4O2S/c1-24(2,20-10-6-9-19(15-20)23(29)18-7-4-3-5-8-18)21-16-22(30-26-21)28(25)17-27-11-13-31-14-12-27/h3-10,15-17H,11-14,25H2,1-2H3/q+1. The summed E-state index contributed by atoms with van der Waals surface area (Å²) in [6, 6.07) is 18.9. The minimum atomic E-state index is -0.461. The van der Waals surface area contributed by atoms with Gasteiger partial charge in [-0.25, -0.2) is 0 Å². The van der Waals surface area contributed by atoms with Crippen molar-refractivity contribution in [1.82, 2.24) is 10.1 Å². The molecule has 6 nitrogen and oxygen atoms in total. The van der Waals surface area contributed by atoms with Crippen LogP contribution >= 0.6 is 11.8 Å². The maximum atomic E-state index is 12.9. The smallest absolute Gasteiger partial charge is 0.312 e. The van der Waals surface area contributed by atoms with Crippen molar-refractivity contribution in [3.63, 3.8) is 0 Å². The Hall–Kier alpha value is -3.06. The van der Waals surface area contributed by atoms with Crippen LogP contribution in [0.2, 0.25) is 0 Å². The van der Waals surface area contributed by atoms with Crippen molar-refractivity contribution in [2.75, 3.05) is 24.6 Å². The van der Waals surface area contributed by atoms with Crippen molar-refractivity contribution in [3.8, 4) is 0 Å². The summed E-state index contributed by atoms with van der Waals surface area (Å²) in [5, 5.41) is 4.29. The molecule has 2 aromatic carbocycles. The quantitative estimate of drug-likeness (QED) is 0.158. The first kappa shape index (κ1) is 21.2. The Morgan fingerprint density at radius 2 is 1.81 bits per heavy atom. The lowest BCUT2D eigenvalue weighted by atomic mass is 9.80. The number of aromatic nitrogens is 1. The van der Waals surface area contributed by atoms with E-state index in [1.165, 1.54) is 4.68 Å². The summed E-state index contributed by atoms with van der Waals surface area (Å²) in [4.78, 5) is 15.1. The summed E-state index contributed by atoms with van der Waals surface area (Å²) >= 11 is 1.95. The first-order valence-corrected chi connectivity index (χ1v) is 11.5. The van der Waals surface area contributed by atoms with E-state index in [0.717, 1.165) is 35.9 Å². The Bertz CT molecular complexity index is 1090. The molecule has 0 unspecified atom stereocenters. The molecule has 0 amide bonds. The van der Waals surface area contributed by atoms with E-state index in [9.17, 15) is 4.79 Å². The van der Waals surface area contributed by atoms with Gasteiger partial charge in [0.05, 0.1) is 24.8 Å². The Balaban J connectivity index is 1.58. The molecule has 0 bridgehead atoms. The van der Waals surface area contributed by atoms with Crippen LogP contribution in [0.5, 0.6) is 0 Å². The molecule has 1 fully saturated rings. The van der Waals surface area contributed by atoms with Gasteiger partial charge in [-0.15, -0.1) is 4.68 Å². The van der Waals surface area contributed by atoms with Gasteiger partial charge < -0.3 is 4.52 Å². The number of hydrazone groups is 1. The van der Waals surface area contributed by atoms with Gasteiger partial charge in [0.15, 0.2) is 5.78 Å². The fraction of sp³-hybridized carbons (Fsp3) is 0.292. The SMILES string of the molecule is CC(C)(c1cccc(C(=O)c2ccccc2)c1)c1cc([N+](N)=CN2CCSCC2)on1. The summed E-state index contributed by atoms with van der Waals surface area (Å²) in [5.74, 6) is 8.87. The van der Waals surface area contributed by atoms with E-state index in [2.05, 4.69) is 23.9 Å². The Morgan fingerprint density at radius 1 is 1.10 bits per heavy atom. The average molecular weight is 436 g/mol. The number of rotatable bonds is 6. The van der Waals surface area contributed by atoms with Crippen molar-refractivity contribution < 1.29 is 14.0 Å². The van der Waals surface area contributed by atoms with E-state index in [0.29, 0.717) is 17.0 Å². The number of benzene rings is 2. The second-order valence-electron chi connectivity index (χ2n) is 8.12. The molecule has 7 heteroatoms. The van der Waals surface area contributed by atoms with Gasteiger partial charge >= 0.3 is 5.88 Å². The topological polar surface area (TPSA) is 75.4 Å². The van der Waals surface area contributed by atoms with E-state index in [1.54, 1.807) is 0 Å². The van der Waals surface area contributed by atoms with Gasteiger partial charge in [-0.1, -0.05) is 67.5 Å². The largest absolute Gasteiger partial charge is 0.338 e. The van der Waals surface area contributed by atoms with Crippen molar-refractivity contribution in [1.29, 1.82) is 0 Å². The van der Waals surface area contributed by atoms with Gasteiger partial charge in [0.25, 0.3) is 6.34 Å². The highest BCUT2D eigenvalue weighted by atomic mass is 32.2. The third kappa shape index (κ3) is 4.66. The van der Waals surface area contributed by atoms with Crippen LogP contribution in [0.4, 0.5) is 5.88 Å². The normalized spacial score (nSPS) is 15.2. The van der Waals surface area contributed by atoms with E-state index in [-0.39, 0.29) is 5.78 Å². The lowest BCUT2D eigenvalue weighted by molar-refractivity contribution is -0.468. The van der Waals surface area contributed by atoms with Crippen LogP contribution in [-0.4, -0.2) is 51.5 Å². The number of nitrogens with two attached hydrogens (primary N) is 1. The van der Waals surface area contributed by atoms with Gasteiger partial charge in [-0.3, -0.25) is 15.5 Å². The first-order chi connectivity index (χ1) is 14.9. The van der Waals surface area contributed by atoms with Crippen molar-refractivity contribution in [2.24, 2.45) is 5.84 Å². The van der Waals surface area contributed by atoms with Crippen molar-refractivity contribution in [2.45, 2.75) is 19.3 Å². The molecule has 0 saturated carbocycles. The molecule has 31 heavy (non-hydrogen) atoms. The van der Waals surface area contributed by atoms with Gasteiger partial charge in [0.1, 0.15) is 0 Å². The minimum Gasteiger partial charge on any atom is -0.312 e. The minimum absolute atomic E-state index is 0.00141. The van der Waals surface area contributed by atoms with Crippen LogP contribution in [0.1, 0.15) is 41.0 Å². The van der Waals surface area contributed by atoms with Gasteiger partial charge in [-0.05, 0) is 11.6 Å². The fourth-order valence-electron chi connectivity index (χ4n) is 3.56. The highest BCUT2D eigenvalue weighted by molar-refractivity contribution is 7.99. The molecule has 1 aliphatic rings. The number of ketones is 1. The highest BCUT2D eigenvalue weighted by Crippen LogP contribution is 2.33. The van der Waals surface area contributed by atoms with Gasteiger partial charge in [0.2, 0.25) is 0 Å². The summed E-state index contributed by atoms with van der Waals surface area (Å²) in [6.07, 6.45) is 1.87. The highest BCUT2D eigenvalue weighted by Gasteiger charge is 2.29. The molecule has 0 atom stereocenters. The number of nitrogens with zero attached hydrogens (tertiary/aromatic N) is 3. The second kappa shape index (κ2) is 8.98. The average Bonchev–Trinajstić information content (AvgIpc) is 3.31. The number of carbonyl (C=O) groups excluding carboxylic acids is 1. The number of thioether (sulfide) groups is 1. The molecule has 0 radical (unpaired) electrons. The van der Waals surface area contributed by atoms with Crippen LogP contribution in [0.3, 0.4) is 0 Å². The molecule has 2 heterocycles. The van der Waals surface area contributed by atoms with Crippen LogP contribution in [0, 0.1) is 0 Å². The third-order valence-corrected chi connectivity index (χ3v) is 6.55.